The number of ketones is 1. The molecule has 0 unspecified atom stereocenters. The van der Waals surface area contributed by atoms with Crippen molar-refractivity contribution in [2.45, 2.75) is 31.9 Å². The summed E-state index contributed by atoms with van der Waals surface area (Å²) in [5, 5.41) is 4.00. The van der Waals surface area contributed by atoms with Crippen LogP contribution < -0.4 is 0 Å². The highest BCUT2D eigenvalue weighted by Crippen LogP contribution is 2.42. The number of hydrogen-bond acceptors (Lipinski definition) is 3. The van der Waals surface area contributed by atoms with Gasteiger partial charge >= 0.3 is 6.18 Å². The van der Waals surface area contributed by atoms with E-state index in [0.717, 1.165) is 22.9 Å². The van der Waals surface area contributed by atoms with E-state index in [1.165, 1.54) is 25.5 Å². The van der Waals surface area contributed by atoms with Gasteiger partial charge in [-0.1, -0.05) is 0 Å². The van der Waals surface area contributed by atoms with Gasteiger partial charge in [-0.05, 0) is 36.8 Å². The molecule has 1 aliphatic rings. The number of nitrogens with zero attached hydrogens (tertiary/aromatic N) is 3. The van der Waals surface area contributed by atoms with Crippen LogP contribution in [0.3, 0.4) is 0 Å². The number of carbonyl (C=O) groups is 1. The molecule has 1 aromatic heterocycles. The molecule has 1 fully saturated rings. The van der Waals surface area contributed by atoms with Crippen LogP contribution >= 0.6 is 0 Å². The van der Waals surface area contributed by atoms with Crippen LogP contribution in [0.4, 0.5) is 22.0 Å². The van der Waals surface area contributed by atoms with Crippen molar-refractivity contribution in [2.75, 3.05) is 0 Å². The molecule has 0 aliphatic heterocycles. The van der Waals surface area contributed by atoms with Gasteiger partial charge in [0.1, 0.15) is 6.33 Å². The largest absolute Gasteiger partial charge is 0.416 e. The maximum Gasteiger partial charge on any atom is 0.416 e. The SMILES string of the molecule is Cc1cc(-c2ncn(/C=C\C(=O)C3CC(F)(F)C3)n2)cc(C(F)(F)F)c1. The third kappa shape index (κ3) is 3.97. The number of alkyl halides is 5. The molecule has 3 rings (SSSR count). The van der Waals surface area contributed by atoms with Gasteiger partial charge < -0.3 is 0 Å². The lowest BCUT2D eigenvalue weighted by Crippen LogP contribution is -2.39. The summed E-state index contributed by atoms with van der Waals surface area (Å²) in [6.07, 6.45) is -1.83. The highest BCUT2D eigenvalue weighted by molar-refractivity contribution is 5.94. The Morgan fingerprint density at radius 2 is 1.96 bits per heavy atom. The smallest absolute Gasteiger partial charge is 0.294 e. The number of halogens is 5. The number of aryl methyl sites for hydroxylation is 1. The molecular weight excluding hydrogens is 357 g/mol. The molecule has 4 nitrogen and oxygen atoms in total. The minimum atomic E-state index is -4.49. The third-order valence-electron chi connectivity index (χ3n) is 4.06. The van der Waals surface area contributed by atoms with Gasteiger partial charge in [-0.2, -0.15) is 13.2 Å². The number of allylic oxidation sites excluding steroid dienone is 1. The fraction of sp³-hybridized carbons (Fsp3) is 0.353. The number of rotatable bonds is 4. The van der Waals surface area contributed by atoms with Gasteiger partial charge in [0.25, 0.3) is 0 Å². The van der Waals surface area contributed by atoms with E-state index in [0.29, 0.717) is 5.56 Å². The zero-order valence-corrected chi connectivity index (χ0v) is 13.6. The molecule has 138 valence electrons. The first kappa shape index (κ1) is 18.2. The maximum atomic E-state index is 12.9. The van der Waals surface area contributed by atoms with E-state index in [2.05, 4.69) is 10.1 Å². The third-order valence-corrected chi connectivity index (χ3v) is 4.06. The van der Waals surface area contributed by atoms with E-state index in [-0.39, 0.29) is 11.4 Å². The Morgan fingerprint density at radius 1 is 1.27 bits per heavy atom. The second-order valence-electron chi connectivity index (χ2n) is 6.31. The number of benzene rings is 1. The predicted molar refractivity (Wildman–Crippen MR) is 83.2 cm³/mol. The molecule has 9 heteroatoms. The normalized spacial score (nSPS) is 17.5. The molecule has 0 N–H and O–H groups in total. The van der Waals surface area contributed by atoms with Gasteiger partial charge in [-0.25, -0.2) is 18.4 Å². The van der Waals surface area contributed by atoms with Crippen LogP contribution in [0.5, 0.6) is 0 Å². The van der Waals surface area contributed by atoms with Crippen molar-refractivity contribution in [3.8, 4) is 11.4 Å². The zero-order chi connectivity index (χ0) is 19.1. The molecule has 1 aliphatic carbocycles. The van der Waals surface area contributed by atoms with Crippen LogP contribution in [0.1, 0.15) is 24.0 Å². The maximum absolute atomic E-state index is 12.9. The minimum Gasteiger partial charge on any atom is -0.294 e. The van der Waals surface area contributed by atoms with Crippen LogP contribution in [0.2, 0.25) is 0 Å². The van der Waals surface area contributed by atoms with Gasteiger partial charge in [0.2, 0.25) is 5.92 Å². The molecule has 0 spiro atoms. The Morgan fingerprint density at radius 3 is 2.58 bits per heavy atom. The van der Waals surface area contributed by atoms with Gasteiger partial charge in [-0.3, -0.25) is 4.79 Å². The van der Waals surface area contributed by atoms with Gasteiger partial charge in [0.15, 0.2) is 11.6 Å². The average Bonchev–Trinajstić information content (AvgIpc) is 2.97. The van der Waals surface area contributed by atoms with Crippen LogP contribution in [0.15, 0.2) is 30.6 Å². The van der Waals surface area contributed by atoms with Crippen LogP contribution in [0.25, 0.3) is 17.6 Å². The van der Waals surface area contributed by atoms with Gasteiger partial charge in [0, 0.05) is 30.5 Å². The zero-order valence-electron chi connectivity index (χ0n) is 13.6. The van der Waals surface area contributed by atoms with E-state index in [4.69, 9.17) is 0 Å². The molecule has 0 saturated heterocycles. The molecule has 0 radical (unpaired) electrons. The van der Waals surface area contributed by atoms with Crippen molar-refractivity contribution < 1.29 is 26.7 Å². The average molecular weight is 371 g/mol. The summed E-state index contributed by atoms with van der Waals surface area (Å²) in [6, 6.07) is 3.48. The lowest BCUT2D eigenvalue weighted by atomic mass is 9.78. The van der Waals surface area contributed by atoms with Crippen LogP contribution in [0, 0.1) is 12.8 Å². The molecule has 0 bridgehead atoms. The molecule has 1 aromatic carbocycles. The van der Waals surface area contributed by atoms with E-state index in [1.54, 1.807) is 0 Å². The lowest BCUT2D eigenvalue weighted by Gasteiger charge is -2.32. The monoisotopic (exact) mass is 371 g/mol. The van der Waals surface area contributed by atoms with Gasteiger partial charge in [0.05, 0.1) is 5.56 Å². The topological polar surface area (TPSA) is 47.8 Å². The fourth-order valence-electron chi connectivity index (χ4n) is 2.70. The summed E-state index contributed by atoms with van der Waals surface area (Å²) < 4.78 is 65.4. The summed E-state index contributed by atoms with van der Waals surface area (Å²) in [5.74, 6) is -3.87. The number of hydrogen-bond donors (Lipinski definition) is 0. The van der Waals surface area contributed by atoms with E-state index < -0.39 is 42.2 Å². The van der Waals surface area contributed by atoms with E-state index in [9.17, 15) is 26.7 Å². The lowest BCUT2D eigenvalue weighted by molar-refractivity contribution is -0.143. The Bertz CT molecular complexity index is 862. The second kappa shape index (κ2) is 6.30. The molecule has 2 aromatic rings. The Labute approximate surface area is 145 Å². The summed E-state index contributed by atoms with van der Waals surface area (Å²) >= 11 is 0. The predicted octanol–water partition coefficient (Wildman–Crippen LogP) is 4.36. The van der Waals surface area contributed by atoms with Crippen molar-refractivity contribution in [1.82, 2.24) is 14.8 Å². The summed E-state index contributed by atoms with van der Waals surface area (Å²) in [5.41, 5.74) is -0.210. The molecule has 1 saturated carbocycles. The summed E-state index contributed by atoms with van der Waals surface area (Å²) in [7, 11) is 0. The van der Waals surface area contributed by atoms with Gasteiger partial charge in [-0.15, -0.1) is 5.10 Å². The summed E-state index contributed by atoms with van der Waals surface area (Å²) in [6.45, 7) is 1.53. The van der Waals surface area contributed by atoms with Crippen molar-refractivity contribution >= 4 is 12.0 Å². The van der Waals surface area contributed by atoms with E-state index in [1.807, 2.05) is 0 Å². The first-order chi connectivity index (χ1) is 12.0. The van der Waals surface area contributed by atoms with E-state index >= 15 is 0 Å². The van der Waals surface area contributed by atoms with Crippen molar-refractivity contribution in [3.63, 3.8) is 0 Å². The standard InChI is InChI=1S/C17H14F5N3O/c1-10-4-11(6-13(5-10)17(20,21)22)15-23-9-25(24-15)3-2-14(26)12-7-16(18,19)8-12/h2-6,9,12H,7-8H2,1H3/b3-2-. The molecule has 0 amide bonds. The fourth-order valence-corrected chi connectivity index (χ4v) is 2.70. The second-order valence-corrected chi connectivity index (χ2v) is 6.31. The Kier molecular flexibility index (Phi) is 4.41. The highest BCUT2D eigenvalue weighted by Gasteiger charge is 2.47. The van der Waals surface area contributed by atoms with Crippen molar-refractivity contribution in [1.29, 1.82) is 0 Å². The number of carbonyl (C=O) groups excluding carboxylic acids is 1. The molecule has 1 heterocycles. The number of aromatic nitrogens is 3. The van der Waals surface area contributed by atoms with Crippen LogP contribution in [-0.4, -0.2) is 26.5 Å². The van der Waals surface area contributed by atoms with Crippen molar-refractivity contribution in [2.24, 2.45) is 5.92 Å². The molecule has 0 atom stereocenters. The molecule has 26 heavy (non-hydrogen) atoms. The minimum absolute atomic E-state index is 0.0616. The molecular formula is C17H14F5N3O. The van der Waals surface area contributed by atoms with Crippen LogP contribution in [-0.2, 0) is 11.0 Å². The first-order valence-electron chi connectivity index (χ1n) is 7.74. The first-order valence-corrected chi connectivity index (χ1v) is 7.74. The van der Waals surface area contributed by atoms with Crippen molar-refractivity contribution in [3.05, 3.63) is 41.7 Å². The Balaban J connectivity index is 1.75. The quantitative estimate of drug-likeness (QED) is 0.593. The highest BCUT2D eigenvalue weighted by atomic mass is 19.4. The Hall–Kier alpha value is -2.58. The summed E-state index contributed by atoms with van der Waals surface area (Å²) in [4.78, 5) is 15.7.